The maximum Gasteiger partial charge on any atom is 0.184 e. The number of halogens is 1. The summed E-state index contributed by atoms with van der Waals surface area (Å²) in [6.45, 7) is 0.738. The van der Waals surface area contributed by atoms with Crippen molar-refractivity contribution in [3.8, 4) is 0 Å². The fraction of sp³-hybridized carbons (Fsp3) is 0.231. The monoisotopic (exact) mass is 303 g/mol. The van der Waals surface area contributed by atoms with Gasteiger partial charge in [0.1, 0.15) is 5.82 Å². The number of nitrogens with two attached hydrogens (primary N) is 1. The van der Waals surface area contributed by atoms with Crippen molar-refractivity contribution < 1.29 is 0 Å². The third kappa shape index (κ3) is 2.53. The molecule has 0 aliphatic heterocycles. The Kier molecular flexibility index (Phi) is 3.68. The Balaban J connectivity index is 2.09. The molecule has 0 aliphatic rings. The van der Waals surface area contributed by atoms with Crippen LogP contribution in [0.5, 0.6) is 0 Å². The third-order valence-electron chi connectivity index (χ3n) is 3.11. The van der Waals surface area contributed by atoms with Crippen LogP contribution in [-0.4, -0.2) is 32.0 Å². The highest BCUT2D eigenvalue weighted by Gasteiger charge is 2.14. The number of anilines is 1. The summed E-state index contributed by atoms with van der Waals surface area (Å²) < 4.78 is 1.69. The van der Waals surface area contributed by atoms with Gasteiger partial charge in [-0.2, -0.15) is 0 Å². The maximum absolute atomic E-state index is 6.18. The van der Waals surface area contributed by atoms with Crippen LogP contribution in [-0.2, 0) is 13.1 Å². The van der Waals surface area contributed by atoms with Crippen LogP contribution in [0.1, 0.15) is 11.4 Å². The lowest BCUT2D eigenvalue weighted by molar-refractivity contribution is 0.662. The second kappa shape index (κ2) is 5.63. The number of rotatable bonds is 4. The van der Waals surface area contributed by atoms with Gasteiger partial charge in [-0.1, -0.05) is 35.0 Å². The Bertz CT molecular complexity index is 783. The first-order valence-corrected chi connectivity index (χ1v) is 6.82. The minimum absolute atomic E-state index is 0.252. The van der Waals surface area contributed by atoms with Crippen molar-refractivity contribution in [1.29, 1.82) is 0 Å². The van der Waals surface area contributed by atoms with E-state index in [1.807, 2.05) is 24.3 Å². The molecule has 7 nitrogen and oxygen atoms in total. The van der Waals surface area contributed by atoms with Gasteiger partial charge in [0, 0.05) is 12.1 Å². The summed E-state index contributed by atoms with van der Waals surface area (Å²) in [4.78, 5) is 8.69. The molecule has 0 aliphatic carbocycles. The molecule has 2 heterocycles. The molecule has 0 atom stereocenters. The molecule has 0 bridgehead atoms. The first-order chi connectivity index (χ1) is 10.2. The predicted molar refractivity (Wildman–Crippen MR) is 81.1 cm³/mol. The highest BCUT2D eigenvalue weighted by Crippen LogP contribution is 2.20. The van der Waals surface area contributed by atoms with E-state index in [-0.39, 0.29) is 6.54 Å². The van der Waals surface area contributed by atoms with Gasteiger partial charge in [-0.15, -0.1) is 5.10 Å². The number of aromatic nitrogens is 5. The van der Waals surface area contributed by atoms with Gasteiger partial charge in [0.2, 0.25) is 0 Å². The molecule has 0 saturated carbocycles. The van der Waals surface area contributed by atoms with Crippen LogP contribution in [0.15, 0.2) is 24.3 Å². The van der Waals surface area contributed by atoms with Crippen LogP contribution in [0.25, 0.3) is 11.2 Å². The molecular formula is C13H14ClN7. The minimum atomic E-state index is 0.252. The molecule has 0 fully saturated rings. The molecule has 0 amide bonds. The molecule has 0 unspecified atom stereocenters. The van der Waals surface area contributed by atoms with Gasteiger partial charge >= 0.3 is 0 Å². The summed E-state index contributed by atoms with van der Waals surface area (Å²) in [5, 5.41) is 11.9. The van der Waals surface area contributed by atoms with E-state index in [4.69, 9.17) is 17.3 Å². The molecule has 0 saturated heterocycles. The summed E-state index contributed by atoms with van der Waals surface area (Å²) in [7, 11) is 1.77. The lowest BCUT2D eigenvalue weighted by Gasteiger charge is -2.06. The normalized spacial score (nSPS) is 11.0. The summed E-state index contributed by atoms with van der Waals surface area (Å²) in [5.41, 5.74) is 7.83. The second-order valence-electron chi connectivity index (χ2n) is 4.45. The number of hydrogen-bond acceptors (Lipinski definition) is 6. The van der Waals surface area contributed by atoms with Crippen LogP contribution in [0.4, 0.5) is 5.82 Å². The van der Waals surface area contributed by atoms with Crippen molar-refractivity contribution in [3.05, 3.63) is 40.7 Å². The van der Waals surface area contributed by atoms with Crippen molar-refractivity contribution in [2.45, 2.75) is 13.1 Å². The van der Waals surface area contributed by atoms with E-state index in [0.717, 1.165) is 5.56 Å². The van der Waals surface area contributed by atoms with Crippen LogP contribution in [0.2, 0.25) is 5.02 Å². The third-order valence-corrected chi connectivity index (χ3v) is 3.48. The van der Waals surface area contributed by atoms with Crippen molar-refractivity contribution in [1.82, 2.24) is 25.0 Å². The quantitative estimate of drug-likeness (QED) is 0.757. The van der Waals surface area contributed by atoms with Gasteiger partial charge in [0.05, 0.1) is 13.1 Å². The summed E-state index contributed by atoms with van der Waals surface area (Å²) >= 11 is 6.18. The standard InChI is InChI=1S/C13H14ClN7/c1-16-12-11-13(18-10(6-15)17-12)21(20-19-11)7-8-4-2-3-5-9(8)14/h2-5H,6-7,15H2,1H3,(H,16,17,18). The van der Waals surface area contributed by atoms with Crippen molar-refractivity contribution in [2.75, 3.05) is 12.4 Å². The molecule has 2 aromatic heterocycles. The lowest BCUT2D eigenvalue weighted by Crippen LogP contribution is -2.09. The highest BCUT2D eigenvalue weighted by molar-refractivity contribution is 6.31. The maximum atomic E-state index is 6.18. The van der Waals surface area contributed by atoms with Gasteiger partial charge in [-0.25, -0.2) is 14.6 Å². The van der Waals surface area contributed by atoms with E-state index in [1.165, 1.54) is 0 Å². The van der Waals surface area contributed by atoms with Crippen LogP contribution in [0, 0.1) is 0 Å². The van der Waals surface area contributed by atoms with Gasteiger partial charge in [-0.05, 0) is 11.6 Å². The summed E-state index contributed by atoms with van der Waals surface area (Å²) in [6, 6.07) is 7.61. The first-order valence-electron chi connectivity index (χ1n) is 6.44. The molecule has 8 heteroatoms. The minimum Gasteiger partial charge on any atom is -0.371 e. The van der Waals surface area contributed by atoms with E-state index >= 15 is 0 Å². The van der Waals surface area contributed by atoms with Crippen molar-refractivity contribution in [3.63, 3.8) is 0 Å². The molecular weight excluding hydrogens is 290 g/mol. The Morgan fingerprint density at radius 2 is 2.10 bits per heavy atom. The van der Waals surface area contributed by atoms with Gasteiger partial charge < -0.3 is 11.1 Å². The fourth-order valence-electron chi connectivity index (χ4n) is 2.06. The predicted octanol–water partition coefficient (Wildman–Crippen LogP) is 1.42. The van der Waals surface area contributed by atoms with Gasteiger partial charge in [0.25, 0.3) is 0 Å². The number of hydrogen-bond donors (Lipinski definition) is 2. The lowest BCUT2D eigenvalue weighted by atomic mass is 10.2. The van der Waals surface area contributed by atoms with E-state index in [2.05, 4.69) is 25.6 Å². The average molecular weight is 304 g/mol. The number of nitrogens with zero attached hydrogens (tertiary/aromatic N) is 5. The zero-order chi connectivity index (χ0) is 14.8. The topological polar surface area (TPSA) is 94.5 Å². The molecule has 108 valence electrons. The van der Waals surface area contributed by atoms with Crippen LogP contribution >= 0.6 is 11.6 Å². The molecule has 1 aromatic carbocycles. The Labute approximate surface area is 126 Å². The number of fused-ring (bicyclic) bond motifs is 1. The number of nitrogens with one attached hydrogen (secondary N) is 1. The molecule has 21 heavy (non-hydrogen) atoms. The largest absolute Gasteiger partial charge is 0.371 e. The Morgan fingerprint density at radius 3 is 2.81 bits per heavy atom. The Morgan fingerprint density at radius 1 is 1.29 bits per heavy atom. The molecule has 0 spiro atoms. The molecule has 3 aromatic rings. The van der Waals surface area contributed by atoms with Crippen LogP contribution < -0.4 is 11.1 Å². The zero-order valence-corrected chi connectivity index (χ0v) is 12.2. The van der Waals surface area contributed by atoms with Gasteiger partial charge in [0.15, 0.2) is 17.0 Å². The summed E-state index contributed by atoms with van der Waals surface area (Å²) in [5.74, 6) is 1.15. The van der Waals surface area contributed by atoms with Crippen molar-refractivity contribution in [2.24, 2.45) is 5.73 Å². The Hall–Kier alpha value is -2.25. The van der Waals surface area contributed by atoms with Crippen LogP contribution in [0.3, 0.4) is 0 Å². The molecule has 0 radical (unpaired) electrons. The van der Waals surface area contributed by atoms with E-state index in [0.29, 0.717) is 34.4 Å². The zero-order valence-electron chi connectivity index (χ0n) is 11.4. The van der Waals surface area contributed by atoms with E-state index in [9.17, 15) is 0 Å². The fourth-order valence-corrected chi connectivity index (χ4v) is 2.26. The molecule has 3 rings (SSSR count). The smallest absolute Gasteiger partial charge is 0.184 e. The highest BCUT2D eigenvalue weighted by atomic mass is 35.5. The second-order valence-corrected chi connectivity index (χ2v) is 4.86. The SMILES string of the molecule is CNc1nc(CN)nc2c1nnn2Cc1ccccc1Cl. The van der Waals surface area contributed by atoms with Gasteiger partial charge in [-0.3, -0.25) is 0 Å². The van der Waals surface area contributed by atoms with Crippen molar-refractivity contribution >= 4 is 28.6 Å². The number of benzene rings is 1. The molecule has 3 N–H and O–H groups in total. The van der Waals surface area contributed by atoms with E-state index in [1.54, 1.807) is 11.7 Å². The first kappa shape index (κ1) is 13.7. The average Bonchev–Trinajstić information content (AvgIpc) is 2.91. The summed E-state index contributed by atoms with van der Waals surface area (Å²) in [6.07, 6.45) is 0. The van der Waals surface area contributed by atoms with E-state index < -0.39 is 0 Å².